The Balaban J connectivity index is 1.62. The van der Waals surface area contributed by atoms with E-state index in [9.17, 15) is 14.9 Å². The molecule has 0 aromatic carbocycles. The maximum atomic E-state index is 12.4. The summed E-state index contributed by atoms with van der Waals surface area (Å²) < 4.78 is 0. The molecule has 3 rings (SSSR count). The van der Waals surface area contributed by atoms with Crippen molar-refractivity contribution in [2.45, 2.75) is 39.2 Å². The lowest BCUT2D eigenvalue weighted by atomic mass is 10.1. The number of nitrogens with one attached hydrogen (secondary N) is 1. The summed E-state index contributed by atoms with van der Waals surface area (Å²) in [7, 11) is 0. The molecular formula is C19H23N5O3. The van der Waals surface area contributed by atoms with E-state index in [4.69, 9.17) is 0 Å². The van der Waals surface area contributed by atoms with E-state index >= 15 is 0 Å². The van der Waals surface area contributed by atoms with E-state index in [1.54, 1.807) is 13.1 Å². The van der Waals surface area contributed by atoms with Gasteiger partial charge in [-0.3, -0.25) is 19.9 Å². The van der Waals surface area contributed by atoms with Gasteiger partial charge >= 0.3 is 0 Å². The number of hydrogen-bond acceptors (Lipinski definition) is 6. The quantitative estimate of drug-likeness (QED) is 0.642. The van der Waals surface area contributed by atoms with Gasteiger partial charge in [0.2, 0.25) is 0 Å². The molecule has 8 nitrogen and oxygen atoms in total. The zero-order valence-corrected chi connectivity index (χ0v) is 15.4. The summed E-state index contributed by atoms with van der Waals surface area (Å²) in [4.78, 5) is 33.4. The standard InChI is InChI=1S/C19H23N5O3/c1-14-17(10-16(13-20-14)24(26)27)19(25)22-12-15-6-7-18(21-11-15)23-8-4-2-3-5-9-23/h6-7,10-11,13H,2-5,8-9,12H2,1H3,(H,22,25). The zero-order chi connectivity index (χ0) is 19.2. The third-order valence-corrected chi connectivity index (χ3v) is 4.72. The van der Waals surface area contributed by atoms with Crippen molar-refractivity contribution >= 4 is 17.4 Å². The Morgan fingerprint density at radius 1 is 1.19 bits per heavy atom. The van der Waals surface area contributed by atoms with Crippen LogP contribution in [-0.4, -0.2) is 33.9 Å². The molecule has 0 spiro atoms. The molecule has 0 atom stereocenters. The summed E-state index contributed by atoms with van der Waals surface area (Å²) in [5.74, 6) is 0.575. The molecule has 0 bridgehead atoms. The van der Waals surface area contributed by atoms with Crippen LogP contribution in [0.5, 0.6) is 0 Å². The van der Waals surface area contributed by atoms with Gasteiger partial charge in [-0.15, -0.1) is 0 Å². The van der Waals surface area contributed by atoms with Gasteiger partial charge in [-0.05, 0) is 31.4 Å². The number of nitro groups is 1. The number of aryl methyl sites for hydroxylation is 1. The third kappa shape index (κ3) is 4.78. The number of pyridine rings is 2. The fraction of sp³-hybridized carbons (Fsp3) is 0.421. The van der Waals surface area contributed by atoms with E-state index in [0.29, 0.717) is 12.2 Å². The van der Waals surface area contributed by atoms with Crippen LogP contribution >= 0.6 is 0 Å². The molecule has 0 aliphatic carbocycles. The van der Waals surface area contributed by atoms with Gasteiger partial charge in [-0.2, -0.15) is 0 Å². The van der Waals surface area contributed by atoms with Gasteiger partial charge < -0.3 is 10.2 Å². The maximum absolute atomic E-state index is 12.4. The number of hydrogen-bond donors (Lipinski definition) is 1. The first-order valence-electron chi connectivity index (χ1n) is 9.14. The summed E-state index contributed by atoms with van der Waals surface area (Å²) in [5, 5.41) is 13.6. The van der Waals surface area contributed by atoms with Gasteiger partial charge in [0.15, 0.2) is 0 Å². The minimum absolute atomic E-state index is 0.200. The maximum Gasteiger partial charge on any atom is 0.288 e. The molecule has 0 saturated carbocycles. The molecule has 27 heavy (non-hydrogen) atoms. The fourth-order valence-corrected chi connectivity index (χ4v) is 3.14. The van der Waals surface area contributed by atoms with Crippen LogP contribution in [0.4, 0.5) is 11.5 Å². The monoisotopic (exact) mass is 369 g/mol. The molecule has 2 aromatic rings. The summed E-state index contributed by atoms with van der Waals surface area (Å²) in [6.45, 7) is 4.01. The predicted octanol–water partition coefficient (Wildman–Crippen LogP) is 3.00. The SMILES string of the molecule is Cc1ncc([N+](=O)[O-])cc1C(=O)NCc1ccc(N2CCCCCC2)nc1. The Bertz CT molecular complexity index is 815. The second-order valence-electron chi connectivity index (χ2n) is 6.69. The van der Waals surface area contributed by atoms with Crippen LogP contribution in [0.2, 0.25) is 0 Å². The lowest BCUT2D eigenvalue weighted by molar-refractivity contribution is -0.385. The van der Waals surface area contributed by atoms with E-state index in [-0.39, 0.29) is 17.2 Å². The highest BCUT2D eigenvalue weighted by Gasteiger charge is 2.16. The lowest BCUT2D eigenvalue weighted by Gasteiger charge is -2.21. The number of carbonyl (C=O) groups is 1. The Morgan fingerprint density at radius 3 is 2.56 bits per heavy atom. The summed E-state index contributed by atoms with van der Waals surface area (Å²) in [5.41, 5.74) is 1.33. The van der Waals surface area contributed by atoms with Crippen molar-refractivity contribution < 1.29 is 9.72 Å². The summed E-state index contributed by atoms with van der Waals surface area (Å²) in [6, 6.07) is 5.18. The van der Waals surface area contributed by atoms with Crippen molar-refractivity contribution in [3.63, 3.8) is 0 Å². The van der Waals surface area contributed by atoms with Crippen molar-refractivity contribution in [3.05, 3.63) is 57.5 Å². The topological polar surface area (TPSA) is 101 Å². The molecule has 0 unspecified atom stereocenters. The number of aromatic nitrogens is 2. The van der Waals surface area contributed by atoms with Crippen LogP contribution < -0.4 is 10.2 Å². The van der Waals surface area contributed by atoms with Crippen LogP contribution in [0.1, 0.15) is 47.3 Å². The molecule has 1 aliphatic rings. The summed E-state index contributed by atoms with van der Waals surface area (Å²) in [6.07, 6.45) is 7.84. The van der Waals surface area contributed by atoms with Gasteiger partial charge in [-0.25, -0.2) is 4.98 Å². The van der Waals surface area contributed by atoms with Gasteiger partial charge in [-0.1, -0.05) is 18.9 Å². The Labute approximate surface area is 157 Å². The second-order valence-corrected chi connectivity index (χ2v) is 6.69. The van der Waals surface area contributed by atoms with Crippen molar-refractivity contribution in [3.8, 4) is 0 Å². The van der Waals surface area contributed by atoms with Gasteiger partial charge in [0.25, 0.3) is 11.6 Å². The molecule has 142 valence electrons. The zero-order valence-electron chi connectivity index (χ0n) is 15.4. The lowest BCUT2D eigenvalue weighted by Crippen LogP contribution is -2.26. The fourth-order valence-electron chi connectivity index (χ4n) is 3.14. The van der Waals surface area contributed by atoms with Gasteiger partial charge in [0.05, 0.1) is 16.2 Å². The van der Waals surface area contributed by atoms with E-state index in [2.05, 4.69) is 20.2 Å². The van der Waals surface area contributed by atoms with Crippen molar-refractivity contribution in [2.24, 2.45) is 0 Å². The minimum atomic E-state index is -0.561. The third-order valence-electron chi connectivity index (χ3n) is 4.72. The second kappa shape index (κ2) is 8.57. The molecule has 1 saturated heterocycles. The predicted molar refractivity (Wildman–Crippen MR) is 102 cm³/mol. The smallest absolute Gasteiger partial charge is 0.288 e. The van der Waals surface area contributed by atoms with E-state index in [1.165, 1.54) is 31.7 Å². The highest BCUT2D eigenvalue weighted by molar-refractivity contribution is 5.95. The molecule has 0 radical (unpaired) electrons. The molecule has 8 heteroatoms. The van der Waals surface area contributed by atoms with Crippen LogP contribution in [0.25, 0.3) is 0 Å². The Morgan fingerprint density at radius 2 is 1.93 bits per heavy atom. The molecular weight excluding hydrogens is 346 g/mol. The molecule has 1 fully saturated rings. The molecule has 2 aromatic heterocycles. The van der Waals surface area contributed by atoms with Crippen LogP contribution in [0.15, 0.2) is 30.6 Å². The van der Waals surface area contributed by atoms with Crippen molar-refractivity contribution in [1.82, 2.24) is 15.3 Å². The van der Waals surface area contributed by atoms with E-state index < -0.39 is 4.92 Å². The highest BCUT2D eigenvalue weighted by atomic mass is 16.6. The molecule has 3 heterocycles. The highest BCUT2D eigenvalue weighted by Crippen LogP contribution is 2.18. The van der Waals surface area contributed by atoms with Gasteiger partial charge in [0, 0.05) is 31.9 Å². The molecule has 1 aliphatic heterocycles. The van der Waals surface area contributed by atoms with Crippen LogP contribution in [0, 0.1) is 17.0 Å². The average Bonchev–Trinajstić information content (AvgIpc) is 2.96. The number of amides is 1. The van der Waals surface area contributed by atoms with E-state index in [0.717, 1.165) is 30.7 Å². The Hall–Kier alpha value is -3.03. The first kappa shape index (κ1) is 18.8. The number of anilines is 1. The minimum Gasteiger partial charge on any atom is -0.357 e. The van der Waals surface area contributed by atoms with Crippen LogP contribution in [-0.2, 0) is 6.54 Å². The van der Waals surface area contributed by atoms with Crippen molar-refractivity contribution in [1.29, 1.82) is 0 Å². The summed E-state index contributed by atoms with van der Waals surface area (Å²) >= 11 is 0. The largest absolute Gasteiger partial charge is 0.357 e. The van der Waals surface area contributed by atoms with Gasteiger partial charge in [0.1, 0.15) is 12.0 Å². The number of carbonyl (C=O) groups excluding carboxylic acids is 1. The number of rotatable bonds is 5. The Kier molecular flexibility index (Phi) is 5.95. The number of nitrogens with zero attached hydrogens (tertiary/aromatic N) is 4. The molecule has 1 N–H and O–H groups in total. The van der Waals surface area contributed by atoms with E-state index in [1.807, 2.05) is 12.1 Å². The van der Waals surface area contributed by atoms with Crippen LogP contribution in [0.3, 0.4) is 0 Å². The normalized spacial score (nSPS) is 14.5. The van der Waals surface area contributed by atoms with Crippen molar-refractivity contribution in [2.75, 3.05) is 18.0 Å². The molecule has 1 amide bonds. The first-order valence-corrected chi connectivity index (χ1v) is 9.14. The first-order chi connectivity index (χ1) is 13.0. The average molecular weight is 369 g/mol.